The fourth-order valence-corrected chi connectivity index (χ4v) is 2.52. The Kier molecular flexibility index (Phi) is 7.36. The highest BCUT2D eigenvalue weighted by atomic mass is 16.5. The average molecular weight is 310 g/mol. The summed E-state index contributed by atoms with van der Waals surface area (Å²) in [6.45, 7) is 12.3. The van der Waals surface area contributed by atoms with Gasteiger partial charge in [0.2, 0.25) is 0 Å². The minimum Gasteiger partial charge on any atom is -0.404 e. The Morgan fingerprint density at radius 1 is 1.13 bits per heavy atom. The topological polar surface area (TPSA) is 36.3 Å². The van der Waals surface area contributed by atoms with Crippen molar-refractivity contribution in [1.82, 2.24) is 4.81 Å². The van der Waals surface area contributed by atoms with Crippen molar-refractivity contribution in [1.29, 1.82) is 5.26 Å². The smallest absolute Gasteiger partial charge is 0.404 e. The van der Waals surface area contributed by atoms with E-state index in [4.69, 9.17) is 4.65 Å². The monoisotopic (exact) mass is 310 g/mol. The SMILES string of the molecule is CC(C)N(B(C#N)OC(C)(C)CC#Cc1ccccc1)C(C)C. The summed E-state index contributed by atoms with van der Waals surface area (Å²) in [5.74, 6) is 8.59. The van der Waals surface area contributed by atoms with Gasteiger partial charge in [0.1, 0.15) is 0 Å². The average Bonchev–Trinajstić information content (AvgIpc) is 2.46. The number of nitrogens with zero attached hydrogens (tertiary/aromatic N) is 2. The Balaban J connectivity index is 2.76. The van der Waals surface area contributed by atoms with Crippen LogP contribution in [-0.2, 0) is 4.65 Å². The zero-order valence-electron chi connectivity index (χ0n) is 15.1. The lowest BCUT2D eigenvalue weighted by Crippen LogP contribution is -2.52. The molecule has 1 aromatic rings. The van der Waals surface area contributed by atoms with Crippen LogP contribution in [0.15, 0.2) is 30.3 Å². The van der Waals surface area contributed by atoms with E-state index in [1.807, 2.05) is 44.2 Å². The highest BCUT2D eigenvalue weighted by Crippen LogP contribution is 2.19. The summed E-state index contributed by atoms with van der Waals surface area (Å²) < 4.78 is 6.07. The number of benzene rings is 1. The van der Waals surface area contributed by atoms with Crippen LogP contribution in [0, 0.1) is 23.1 Å². The predicted molar refractivity (Wildman–Crippen MR) is 96.6 cm³/mol. The Labute approximate surface area is 141 Å². The van der Waals surface area contributed by atoms with Gasteiger partial charge < -0.3 is 4.65 Å². The van der Waals surface area contributed by atoms with Crippen molar-refractivity contribution in [3.8, 4) is 17.8 Å². The van der Waals surface area contributed by atoms with Gasteiger partial charge in [-0.05, 0) is 38.1 Å². The van der Waals surface area contributed by atoms with Gasteiger partial charge in [0.25, 0.3) is 0 Å². The molecule has 4 heteroatoms. The molecule has 0 aromatic heterocycles. The van der Waals surface area contributed by atoms with Crippen LogP contribution in [0.3, 0.4) is 0 Å². The van der Waals surface area contributed by atoms with Crippen LogP contribution < -0.4 is 0 Å². The van der Waals surface area contributed by atoms with E-state index in [1.54, 1.807) is 0 Å². The maximum atomic E-state index is 9.51. The summed E-state index contributed by atoms with van der Waals surface area (Å²) >= 11 is 0. The summed E-state index contributed by atoms with van der Waals surface area (Å²) in [6.07, 6.45) is 0.574. The van der Waals surface area contributed by atoms with Gasteiger partial charge >= 0.3 is 7.05 Å². The van der Waals surface area contributed by atoms with Gasteiger partial charge in [0.15, 0.2) is 0 Å². The van der Waals surface area contributed by atoms with Crippen LogP contribution in [0.1, 0.15) is 53.5 Å². The minimum atomic E-state index is -0.566. The first-order chi connectivity index (χ1) is 10.8. The van der Waals surface area contributed by atoms with Crippen molar-refractivity contribution in [2.45, 2.75) is 65.6 Å². The molecule has 0 saturated carbocycles. The molecule has 0 amide bonds. The second kappa shape index (κ2) is 8.77. The molecule has 0 radical (unpaired) electrons. The highest BCUT2D eigenvalue weighted by molar-refractivity contribution is 6.57. The molecule has 0 atom stereocenters. The maximum Gasteiger partial charge on any atom is 0.504 e. The molecule has 0 spiro atoms. The van der Waals surface area contributed by atoms with E-state index in [2.05, 4.69) is 50.3 Å². The van der Waals surface area contributed by atoms with E-state index >= 15 is 0 Å². The van der Waals surface area contributed by atoms with E-state index in [1.165, 1.54) is 0 Å². The van der Waals surface area contributed by atoms with E-state index in [0.29, 0.717) is 6.42 Å². The molecule has 122 valence electrons. The zero-order valence-corrected chi connectivity index (χ0v) is 15.1. The van der Waals surface area contributed by atoms with Crippen LogP contribution in [0.4, 0.5) is 0 Å². The molecule has 0 fully saturated rings. The maximum absolute atomic E-state index is 9.51. The highest BCUT2D eigenvalue weighted by Gasteiger charge is 2.35. The third-order valence-electron chi connectivity index (χ3n) is 3.53. The summed E-state index contributed by atoms with van der Waals surface area (Å²) in [5.41, 5.74) is 0.510. The first-order valence-corrected chi connectivity index (χ1v) is 8.15. The van der Waals surface area contributed by atoms with E-state index in [0.717, 1.165) is 5.56 Å². The molecule has 1 rings (SSSR count). The fourth-order valence-electron chi connectivity index (χ4n) is 2.52. The Morgan fingerprint density at radius 3 is 2.17 bits per heavy atom. The quantitative estimate of drug-likeness (QED) is 0.591. The minimum absolute atomic E-state index is 0.242. The van der Waals surface area contributed by atoms with Crippen molar-refractivity contribution in [3.05, 3.63) is 35.9 Å². The largest absolute Gasteiger partial charge is 0.504 e. The number of hydrogen-bond donors (Lipinski definition) is 0. The number of rotatable bonds is 6. The molecule has 0 unspecified atom stereocenters. The third kappa shape index (κ3) is 6.49. The first kappa shape index (κ1) is 19.3. The predicted octanol–water partition coefficient (Wildman–Crippen LogP) is 3.89. The van der Waals surface area contributed by atoms with Gasteiger partial charge in [-0.15, -0.1) is 0 Å². The molecule has 0 aliphatic carbocycles. The van der Waals surface area contributed by atoms with Crippen LogP contribution in [0.5, 0.6) is 0 Å². The molecule has 23 heavy (non-hydrogen) atoms. The van der Waals surface area contributed by atoms with Gasteiger partial charge in [0, 0.05) is 12.0 Å². The summed E-state index contributed by atoms with van der Waals surface area (Å²) in [7, 11) is -0.566. The van der Waals surface area contributed by atoms with Crippen molar-refractivity contribution in [2.24, 2.45) is 0 Å². The van der Waals surface area contributed by atoms with Gasteiger partial charge in [0.05, 0.1) is 11.6 Å². The molecule has 0 bridgehead atoms. The van der Waals surface area contributed by atoms with Crippen molar-refractivity contribution in [2.75, 3.05) is 0 Å². The molecule has 0 saturated heterocycles. The lowest BCUT2D eigenvalue weighted by atomic mass is 9.78. The van der Waals surface area contributed by atoms with E-state index in [9.17, 15) is 5.26 Å². The molecule has 0 aliphatic rings. The van der Waals surface area contributed by atoms with Gasteiger partial charge in [-0.25, -0.2) is 5.26 Å². The molecule has 0 heterocycles. The Bertz CT molecular complexity index is 571. The van der Waals surface area contributed by atoms with Crippen LogP contribution in [0.25, 0.3) is 0 Å². The normalized spacial score (nSPS) is 11.3. The van der Waals surface area contributed by atoms with Crippen LogP contribution in [0.2, 0.25) is 0 Å². The lowest BCUT2D eigenvalue weighted by molar-refractivity contribution is 0.0876. The standard InChI is InChI=1S/C19H27BN2O/c1-16(2)22(17(3)4)20(15-21)23-19(5,6)14-10-13-18-11-8-7-9-12-18/h7-9,11-12,16-17H,14H2,1-6H3. The van der Waals surface area contributed by atoms with Gasteiger partial charge in [-0.1, -0.05) is 57.7 Å². The molecule has 3 nitrogen and oxygen atoms in total. The fraction of sp³-hybridized carbons (Fsp3) is 0.526. The summed E-state index contributed by atoms with van der Waals surface area (Å²) in [5, 5.41) is 9.51. The zero-order chi connectivity index (χ0) is 17.5. The van der Waals surface area contributed by atoms with Gasteiger partial charge in [-0.2, -0.15) is 0 Å². The summed E-state index contributed by atoms with van der Waals surface area (Å²) in [4.78, 5) is 2.08. The van der Waals surface area contributed by atoms with Crippen molar-refractivity contribution in [3.63, 3.8) is 0 Å². The van der Waals surface area contributed by atoms with Crippen molar-refractivity contribution < 1.29 is 4.65 Å². The van der Waals surface area contributed by atoms with E-state index in [-0.39, 0.29) is 12.1 Å². The molecular weight excluding hydrogens is 283 g/mol. The third-order valence-corrected chi connectivity index (χ3v) is 3.53. The molecule has 1 aromatic carbocycles. The number of hydrogen-bond acceptors (Lipinski definition) is 3. The summed E-state index contributed by atoms with van der Waals surface area (Å²) in [6, 6.07) is 10.4. The van der Waals surface area contributed by atoms with Crippen molar-refractivity contribution >= 4 is 7.05 Å². The second-order valence-electron chi connectivity index (χ2n) is 6.84. The molecular formula is C19H27BN2O. The van der Waals surface area contributed by atoms with Gasteiger partial charge in [-0.3, -0.25) is 4.81 Å². The second-order valence-corrected chi connectivity index (χ2v) is 6.84. The first-order valence-electron chi connectivity index (χ1n) is 8.15. The molecule has 0 aliphatic heterocycles. The Morgan fingerprint density at radius 2 is 1.70 bits per heavy atom. The van der Waals surface area contributed by atoms with Crippen LogP contribution >= 0.6 is 0 Å². The lowest BCUT2D eigenvalue weighted by Gasteiger charge is -2.36. The number of nitriles is 1. The van der Waals surface area contributed by atoms with Crippen LogP contribution in [-0.4, -0.2) is 29.5 Å². The Hall–Kier alpha value is -1.75. The van der Waals surface area contributed by atoms with E-state index < -0.39 is 12.7 Å². The molecule has 0 N–H and O–H groups in total.